The van der Waals surface area contributed by atoms with E-state index >= 15 is 0 Å². The number of aromatic amines is 1. The van der Waals surface area contributed by atoms with E-state index in [2.05, 4.69) is 39.6 Å². The molecule has 112 valence electrons. The van der Waals surface area contributed by atoms with Crippen molar-refractivity contribution < 1.29 is 9.53 Å². The molecule has 0 radical (unpaired) electrons. The maximum Gasteiger partial charge on any atom is 0.319 e. The molecule has 2 rings (SSSR count). The van der Waals surface area contributed by atoms with E-state index in [9.17, 15) is 4.79 Å². The highest BCUT2D eigenvalue weighted by Crippen LogP contribution is 2.07. The zero-order valence-corrected chi connectivity index (χ0v) is 12.1. The minimum absolute atomic E-state index is 0.0533. The molecule has 2 heterocycles. The molecular weight excluding hydrogens is 258 g/mol. The predicted octanol–water partition coefficient (Wildman–Crippen LogP) is 0.888. The normalized spacial score (nSPS) is 20.1. The number of nitrogens with one attached hydrogen (secondary N) is 3. The number of aromatic nitrogens is 2. The van der Waals surface area contributed by atoms with Crippen LogP contribution in [-0.2, 0) is 4.74 Å². The number of hydrogen-bond acceptors (Lipinski definition) is 4. The van der Waals surface area contributed by atoms with Crippen molar-refractivity contribution in [2.24, 2.45) is 5.92 Å². The third kappa shape index (κ3) is 4.82. The van der Waals surface area contributed by atoms with Gasteiger partial charge in [0.25, 0.3) is 0 Å². The largest absolute Gasteiger partial charge is 0.374 e. The Kier molecular flexibility index (Phi) is 5.37. The Morgan fingerprint density at radius 3 is 3.20 bits per heavy atom. The van der Waals surface area contributed by atoms with Gasteiger partial charge in [-0.25, -0.2) is 4.79 Å². The number of morpholine rings is 1. The monoisotopic (exact) mass is 281 g/mol. The number of amides is 2. The van der Waals surface area contributed by atoms with Crippen molar-refractivity contribution >= 4 is 11.7 Å². The highest BCUT2D eigenvalue weighted by molar-refractivity contribution is 5.88. The Morgan fingerprint density at radius 1 is 1.65 bits per heavy atom. The van der Waals surface area contributed by atoms with Crippen molar-refractivity contribution in [3.8, 4) is 0 Å². The average molecular weight is 281 g/mol. The summed E-state index contributed by atoms with van der Waals surface area (Å²) in [5.41, 5.74) is 0.647. The number of nitrogens with zero attached hydrogens (tertiary/aromatic N) is 2. The Labute approximate surface area is 119 Å². The van der Waals surface area contributed by atoms with E-state index in [1.165, 1.54) is 0 Å². The maximum absolute atomic E-state index is 11.7. The zero-order valence-electron chi connectivity index (χ0n) is 12.1. The van der Waals surface area contributed by atoms with Crippen LogP contribution in [0.5, 0.6) is 0 Å². The molecule has 7 heteroatoms. The zero-order chi connectivity index (χ0) is 14.4. The molecule has 0 aromatic carbocycles. The molecule has 3 N–H and O–H groups in total. The van der Waals surface area contributed by atoms with Crippen LogP contribution in [0.1, 0.15) is 13.8 Å². The second-order valence-corrected chi connectivity index (χ2v) is 5.47. The van der Waals surface area contributed by atoms with E-state index < -0.39 is 0 Å². The van der Waals surface area contributed by atoms with E-state index in [1.807, 2.05) is 0 Å². The molecule has 1 saturated heterocycles. The minimum Gasteiger partial charge on any atom is -0.374 e. The van der Waals surface area contributed by atoms with Crippen LogP contribution in [0.3, 0.4) is 0 Å². The van der Waals surface area contributed by atoms with Gasteiger partial charge < -0.3 is 15.4 Å². The van der Waals surface area contributed by atoms with Crippen LogP contribution in [0.4, 0.5) is 10.5 Å². The molecule has 1 aromatic heterocycles. The predicted molar refractivity (Wildman–Crippen MR) is 76.6 cm³/mol. The quantitative estimate of drug-likeness (QED) is 0.748. The van der Waals surface area contributed by atoms with Crippen LogP contribution >= 0.6 is 0 Å². The average Bonchev–Trinajstić information content (AvgIpc) is 2.89. The van der Waals surface area contributed by atoms with E-state index in [-0.39, 0.29) is 12.1 Å². The van der Waals surface area contributed by atoms with Crippen molar-refractivity contribution in [2.75, 3.05) is 38.1 Å². The summed E-state index contributed by atoms with van der Waals surface area (Å²) in [5.74, 6) is 0.645. The first-order valence-corrected chi connectivity index (χ1v) is 7.01. The summed E-state index contributed by atoms with van der Waals surface area (Å²) >= 11 is 0. The summed E-state index contributed by atoms with van der Waals surface area (Å²) in [5, 5.41) is 11.9. The lowest BCUT2D eigenvalue weighted by atomic mass is 10.2. The van der Waals surface area contributed by atoms with Crippen LogP contribution in [-0.4, -0.2) is 60.0 Å². The topological polar surface area (TPSA) is 82.3 Å². The number of H-pyrrole nitrogens is 1. The first-order chi connectivity index (χ1) is 9.63. The minimum atomic E-state index is -0.240. The van der Waals surface area contributed by atoms with Gasteiger partial charge in [0, 0.05) is 32.4 Å². The molecule has 0 spiro atoms. The number of carbonyl (C=O) groups is 1. The fourth-order valence-corrected chi connectivity index (χ4v) is 2.29. The molecule has 0 aliphatic carbocycles. The molecule has 1 aromatic rings. The molecule has 1 aliphatic heterocycles. The summed E-state index contributed by atoms with van der Waals surface area (Å²) in [7, 11) is 0. The maximum atomic E-state index is 11.7. The third-order valence-corrected chi connectivity index (χ3v) is 3.09. The van der Waals surface area contributed by atoms with Gasteiger partial charge in [-0.15, -0.1) is 0 Å². The van der Waals surface area contributed by atoms with Gasteiger partial charge >= 0.3 is 6.03 Å². The van der Waals surface area contributed by atoms with E-state index in [0.29, 0.717) is 18.2 Å². The summed E-state index contributed by atoms with van der Waals surface area (Å²) in [6, 6.07) is -0.240. The number of carbonyl (C=O) groups excluding carboxylic acids is 1. The lowest BCUT2D eigenvalue weighted by Crippen LogP contribution is -2.48. The molecule has 0 bridgehead atoms. The number of anilines is 1. The van der Waals surface area contributed by atoms with Gasteiger partial charge in [0.05, 0.1) is 24.6 Å². The molecule has 1 aliphatic rings. The molecule has 0 unspecified atom stereocenters. The highest BCUT2D eigenvalue weighted by Gasteiger charge is 2.21. The Morgan fingerprint density at radius 2 is 2.50 bits per heavy atom. The van der Waals surface area contributed by atoms with Gasteiger partial charge in [-0.2, -0.15) is 5.10 Å². The molecular formula is C13H23N5O2. The van der Waals surface area contributed by atoms with Crippen molar-refractivity contribution in [2.45, 2.75) is 20.0 Å². The van der Waals surface area contributed by atoms with Gasteiger partial charge in [0.2, 0.25) is 0 Å². The van der Waals surface area contributed by atoms with Crippen LogP contribution in [0.25, 0.3) is 0 Å². The number of urea groups is 1. The van der Waals surface area contributed by atoms with Crippen LogP contribution in [0, 0.1) is 5.92 Å². The van der Waals surface area contributed by atoms with Gasteiger partial charge in [-0.3, -0.25) is 10.00 Å². The smallest absolute Gasteiger partial charge is 0.319 e. The van der Waals surface area contributed by atoms with Gasteiger partial charge in [0.15, 0.2) is 0 Å². The van der Waals surface area contributed by atoms with Crippen LogP contribution < -0.4 is 10.6 Å². The number of ether oxygens (including phenoxy) is 1. The SMILES string of the molecule is CC(C)CN1CCO[C@@H](CNC(=O)Nc2cn[nH]c2)C1. The Balaban J connectivity index is 1.69. The van der Waals surface area contributed by atoms with Crippen LogP contribution in [0.2, 0.25) is 0 Å². The first kappa shape index (κ1) is 14.8. The van der Waals surface area contributed by atoms with Crippen molar-refractivity contribution in [3.63, 3.8) is 0 Å². The fourth-order valence-electron chi connectivity index (χ4n) is 2.29. The molecule has 20 heavy (non-hydrogen) atoms. The summed E-state index contributed by atoms with van der Waals surface area (Å²) in [6.07, 6.45) is 3.24. The van der Waals surface area contributed by atoms with Crippen molar-refractivity contribution in [1.29, 1.82) is 0 Å². The molecule has 2 amide bonds. The first-order valence-electron chi connectivity index (χ1n) is 7.01. The van der Waals surface area contributed by atoms with E-state index in [4.69, 9.17) is 4.74 Å². The molecule has 0 saturated carbocycles. The van der Waals surface area contributed by atoms with E-state index in [0.717, 1.165) is 26.2 Å². The summed E-state index contributed by atoms with van der Waals surface area (Å²) in [6.45, 7) is 8.56. The lowest BCUT2D eigenvalue weighted by Gasteiger charge is -2.33. The lowest BCUT2D eigenvalue weighted by molar-refractivity contribution is -0.0288. The Hall–Kier alpha value is -1.60. The summed E-state index contributed by atoms with van der Waals surface area (Å²) < 4.78 is 5.67. The third-order valence-electron chi connectivity index (χ3n) is 3.09. The Bertz CT molecular complexity index is 407. The number of rotatable bonds is 5. The van der Waals surface area contributed by atoms with Gasteiger partial charge in [-0.05, 0) is 5.92 Å². The second-order valence-electron chi connectivity index (χ2n) is 5.47. The van der Waals surface area contributed by atoms with Crippen LogP contribution in [0.15, 0.2) is 12.4 Å². The standard InChI is InChI=1S/C13H23N5O2/c1-10(2)8-18-3-4-20-12(9-18)7-14-13(19)17-11-5-15-16-6-11/h5-6,10,12H,3-4,7-9H2,1-2H3,(H,15,16)(H2,14,17,19)/t12-/m0/s1. The fraction of sp³-hybridized carbons (Fsp3) is 0.692. The summed E-state index contributed by atoms with van der Waals surface area (Å²) in [4.78, 5) is 14.1. The van der Waals surface area contributed by atoms with Crippen molar-refractivity contribution in [3.05, 3.63) is 12.4 Å². The molecule has 1 atom stereocenters. The van der Waals surface area contributed by atoms with Crippen molar-refractivity contribution in [1.82, 2.24) is 20.4 Å². The van der Waals surface area contributed by atoms with E-state index in [1.54, 1.807) is 12.4 Å². The van der Waals surface area contributed by atoms with Gasteiger partial charge in [0.1, 0.15) is 0 Å². The second kappa shape index (κ2) is 7.25. The highest BCUT2D eigenvalue weighted by atomic mass is 16.5. The molecule has 7 nitrogen and oxygen atoms in total. The van der Waals surface area contributed by atoms with Gasteiger partial charge in [-0.1, -0.05) is 13.8 Å². The number of hydrogen-bond donors (Lipinski definition) is 3. The molecule has 1 fully saturated rings.